The number of hydrogen-bond acceptors (Lipinski definition) is 3. The molecule has 27 heavy (non-hydrogen) atoms. The monoisotopic (exact) mass is 382 g/mol. The highest BCUT2D eigenvalue weighted by Gasteiger charge is 2.15. The van der Waals surface area contributed by atoms with Crippen molar-refractivity contribution in [3.8, 4) is 0 Å². The van der Waals surface area contributed by atoms with Gasteiger partial charge >= 0.3 is 0 Å². The molecule has 2 amide bonds. The van der Waals surface area contributed by atoms with Crippen LogP contribution >= 0.6 is 11.6 Å². The molecule has 3 rings (SSSR count). The van der Waals surface area contributed by atoms with E-state index in [-0.39, 0.29) is 18.2 Å². The molecule has 0 fully saturated rings. The van der Waals surface area contributed by atoms with Gasteiger partial charge in [0.05, 0.1) is 6.42 Å². The van der Waals surface area contributed by atoms with Crippen molar-refractivity contribution in [1.82, 2.24) is 9.78 Å². The summed E-state index contributed by atoms with van der Waals surface area (Å²) in [5.41, 5.74) is 1.94. The summed E-state index contributed by atoms with van der Waals surface area (Å²) in [6.45, 7) is 1.76. The molecule has 0 radical (unpaired) electrons. The smallest absolute Gasteiger partial charge is 0.248 e. The molecule has 1 aromatic heterocycles. The average Bonchev–Trinajstić information content (AvgIpc) is 3.18. The van der Waals surface area contributed by atoms with E-state index < -0.39 is 6.04 Å². The van der Waals surface area contributed by atoms with E-state index in [2.05, 4.69) is 15.7 Å². The second kappa shape index (κ2) is 8.51. The molecule has 3 aromatic rings. The number of benzene rings is 2. The SMILES string of the molecule is C[C@H](C(=O)Nc1cccc(NC(=O)Cc2ccccc2Cl)c1)n1cccn1. The van der Waals surface area contributed by atoms with E-state index in [4.69, 9.17) is 11.6 Å². The van der Waals surface area contributed by atoms with Gasteiger partial charge in [0.1, 0.15) is 6.04 Å². The summed E-state index contributed by atoms with van der Waals surface area (Å²) in [5.74, 6) is -0.380. The van der Waals surface area contributed by atoms with Crippen molar-refractivity contribution in [1.29, 1.82) is 0 Å². The fourth-order valence-corrected chi connectivity index (χ4v) is 2.77. The lowest BCUT2D eigenvalue weighted by Gasteiger charge is -2.13. The molecule has 0 aliphatic heterocycles. The van der Waals surface area contributed by atoms with Crippen molar-refractivity contribution in [2.24, 2.45) is 0 Å². The summed E-state index contributed by atoms with van der Waals surface area (Å²) in [6, 6.07) is 15.5. The van der Waals surface area contributed by atoms with Gasteiger partial charge in [-0.3, -0.25) is 14.3 Å². The lowest BCUT2D eigenvalue weighted by Crippen LogP contribution is -2.24. The van der Waals surface area contributed by atoms with Gasteiger partial charge in [-0.1, -0.05) is 35.9 Å². The van der Waals surface area contributed by atoms with Gasteiger partial charge < -0.3 is 10.6 Å². The zero-order valence-corrected chi connectivity index (χ0v) is 15.5. The molecule has 0 aliphatic carbocycles. The quantitative estimate of drug-likeness (QED) is 0.678. The Morgan fingerprint density at radius 2 is 1.81 bits per heavy atom. The number of rotatable bonds is 6. The topological polar surface area (TPSA) is 76.0 Å². The Balaban J connectivity index is 1.62. The third-order valence-electron chi connectivity index (χ3n) is 4.02. The van der Waals surface area contributed by atoms with Crippen molar-refractivity contribution in [3.63, 3.8) is 0 Å². The van der Waals surface area contributed by atoms with Crippen molar-refractivity contribution < 1.29 is 9.59 Å². The zero-order chi connectivity index (χ0) is 19.2. The van der Waals surface area contributed by atoms with Gasteiger partial charge in [0, 0.05) is 28.8 Å². The number of halogens is 1. The van der Waals surface area contributed by atoms with Crippen LogP contribution in [0.4, 0.5) is 11.4 Å². The minimum Gasteiger partial charge on any atom is -0.326 e. The molecule has 0 aliphatic rings. The fourth-order valence-electron chi connectivity index (χ4n) is 2.57. The number of hydrogen-bond donors (Lipinski definition) is 2. The standard InChI is InChI=1S/C20H19ClN4O2/c1-14(25-11-5-10-22-25)20(27)24-17-8-4-7-16(13-17)23-19(26)12-15-6-2-3-9-18(15)21/h2-11,13-14H,12H2,1H3,(H,23,26)(H,24,27)/t14-/m1/s1. The van der Waals surface area contributed by atoms with E-state index in [1.54, 1.807) is 60.4 Å². The van der Waals surface area contributed by atoms with Crippen LogP contribution in [0.3, 0.4) is 0 Å². The number of nitrogens with one attached hydrogen (secondary N) is 2. The van der Waals surface area contributed by atoms with E-state index >= 15 is 0 Å². The molecule has 138 valence electrons. The van der Waals surface area contributed by atoms with Crippen LogP contribution in [0, 0.1) is 0 Å². The molecule has 1 atom stereocenters. The minimum atomic E-state index is -0.446. The van der Waals surface area contributed by atoms with Crippen LogP contribution < -0.4 is 10.6 Å². The molecule has 7 heteroatoms. The maximum Gasteiger partial charge on any atom is 0.248 e. The van der Waals surface area contributed by atoms with E-state index in [1.807, 2.05) is 18.2 Å². The Morgan fingerprint density at radius 1 is 1.07 bits per heavy atom. The number of carbonyl (C=O) groups excluding carboxylic acids is 2. The number of nitrogens with zero attached hydrogens (tertiary/aromatic N) is 2. The molecule has 0 bridgehead atoms. The predicted molar refractivity (Wildman–Crippen MR) is 106 cm³/mol. The first-order valence-electron chi connectivity index (χ1n) is 8.46. The number of anilines is 2. The molecule has 6 nitrogen and oxygen atoms in total. The molecule has 2 N–H and O–H groups in total. The Hall–Kier alpha value is -3.12. The Morgan fingerprint density at radius 3 is 2.52 bits per heavy atom. The number of amides is 2. The average molecular weight is 383 g/mol. The Kier molecular flexibility index (Phi) is 5.88. The van der Waals surface area contributed by atoms with Gasteiger partial charge in [0.15, 0.2) is 0 Å². The Labute approximate surface area is 162 Å². The molecule has 0 saturated heterocycles. The first-order valence-corrected chi connectivity index (χ1v) is 8.84. The molecule has 0 spiro atoms. The van der Waals surface area contributed by atoms with Crippen LogP contribution in [0.15, 0.2) is 67.0 Å². The van der Waals surface area contributed by atoms with Crippen molar-refractivity contribution in [2.45, 2.75) is 19.4 Å². The fraction of sp³-hybridized carbons (Fsp3) is 0.150. The molecule has 0 saturated carbocycles. The first-order chi connectivity index (χ1) is 13.0. The van der Waals surface area contributed by atoms with Gasteiger partial charge in [-0.25, -0.2) is 0 Å². The normalized spacial score (nSPS) is 11.6. The summed E-state index contributed by atoms with van der Waals surface area (Å²) in [5, 5.41) is 10.3. The van der Waals surface area contributed by atoms with Crippen molar-refractivity contribution in [2.75, 3.05) is 10.6 Å². The van der Waals surface area contributed by atoms with Crippen LogP contribution in [0.2, 0.25) is 5.02 Å². The summed E-state index contributed by atoms with van der Waals surface area (Å²) < 4.78 is 1.57. The van der Waals surface area contributed by atoms with Crippen molar-refractivity contribution in [3.05, 3.63) is 77.6 Å². The lowest BCUT2D eigenvalue weighted by molar-refractivity contribution is -0.119. The number of carbonyl (C=O) groups is 2. The highest BCUT2D eigenvalue weighted by atomic mass is 35.5. The molecule has 2 aromatic carbocycles. The second-order valence-electron chi connectivity index (χ2n) is 6.05. The van der Waals surface area contributed by atoms with Gasteiger partial charge in [-0.15, -0.1) is 0 Å². The molecular formula is C20H19ClN4O2. The Bertz CT molecular complexity index is 941. The van der Waals surface area contributed by atoms with Crippen LogP contribution in [-0.4, -0.2) is 21.6 Å². The van der Waals surface area contributed by atoms with Crippen LogP contribution in [0.25, 0.3) is 0 Å². The van der Waals surface area contributed by atoms with Crippen molar-refractivity contribution >= 4 is 34.8 Å². The van der Waals surface area contributed by atoms with Gasteiger partial charge in [-0.2, -0.15) is 5.10 Å². The first kappa shape index (κ1) is 18.7. The molecule has 1 heterocycles. The highest BCUT2D eigenvalue weighted by Crippen LogP contribution is 2.19. The van der Waals surface area contributed by atoms with Crippen LogP contribution in [0.5, 0.6) is 0 Å². The van der Waals surface area contributed by atoms with Crippen LogP contribution in [0.1, 0.15) is 18.5 Å². The van der Waals surface area contributed by atoms with Gasteiger partial charge in [0.2, 0.25) is 11.8 Å². The third-order valence-corrected chi connectivity index (χ3v) is 4.39. The zero-order valence-electron chi connectivity index (χ0n) is 14.7. The van der Waals surface area contributed by atoms with Crippen LogP contribution in [-0.2, 0) is 16.0 Å². The maximum absolute atomic E-state index is 12.3. The summed E-state index contributed by atoms with van der Waals surface area (Å²) in [4.78, 5) is 24.6. The minimum absolute atomic E-state index is 0.173. The second-order valence-corrected chi connectivity index (χ2v) is 6.46. The number of aromatic nitrogens is 2. The molecular weight excluding hydrogens is 364 g/mol. The summed E-state index contributed by atoms with van der Waals surface area (Å²) >= 11 is 6.09. The van der Waals surface area contributed by atoms with Gasteiger partial charge in [-0.05, 0) is 42.8 Å². The van der Waals surface area contributed by atoms with E-state index in [0.29, 0.717) is 16.4 Å². The predicted octanol–water partition coefficient (Wildman–Crippen LogP) is 3.92. The maximum atomic E-state index is 12.3. The summed E-state index contributed by atoms with van der Waals surface area (Å²) in [7, 11) is 0. The summed E-state index contributed by atoms with van der Waals surface area (Å²) in [6.07, 6.45) is 3.53. The van der Waals surface area contributed by atoms with E-state index in [1.165, 1.54) is 0 Å². The third kappa shape index (κ3) is 4.95. The van der Waals surface area contributed by atoms with E-state index in [9.17, 15) is 9.59 Å². The van der Waals surface area contributed by atoms with E-state index in [0.717, 1.165) is 5.56 Å². The molecule has 0 unspecified atom stereocenters. The largest absolute Gasteiger partial charge is 0.326 e. The highest BCUT2D eigenvalue weighted by molar-refractivity contribution is 6.31. The lowest BCUT2D eigenvalue weighted by atomic mass is 10.1. The van der Waals surface area contributed by atoms with Gasteiger partial charge in [0.25, 0.3) is 0 Å².